The van der Waals surface area contributed by atoms with E-state index in [1.807, 2.05) is 13.8 Å². The molecule has 20 heavy (non-hydrogen) atoms. The normalized spacial score (nSPS) is 11.7. The van der Waals surface area contributed by atoms with Gasteiger partial charge in [0.05, 0.1) is 5.69 Å². The van der Waals surface area contributed by atoms with Crippen LogP contribution in [0, 0.1) is 0 Å². The molecule has 0 bridgehead atoms. The zero-order valence-electron chi connectivity index (χ0n) is 11.3. The Hall–Kier alpha value is -1.21. The van der Waals surface area contributed by atoms with Gasteiger partial charge in [-0.2, -0.15) is 13.2 Å². The molecule has 0 aliphatic carbocycles. The van der Waals surface area contributed by atoms with Crippen LogP contribution in [0.4, 0.5) is 18.9 Å². The maximum Gasteiger partial charge on any atom is 0.446 e. The van der Waals surface area contributed by atoms with E-state index in [9.17, 15) is 18.0 Å². The third-order valence-electron chi connectivity index (χ3n) is 2.29. The average molecular weight is 306 g/mol. The van der Waals surface area contributed by atoms with Crippen molar-refractivity contribution in [3.63, 3.8) is 0 Å². The van der Waals surface area contributed by atoms with Crippen LogP contribution in [-0.2, 0) is 4.79 Å². The molecule has 0 heterocycles. The number of benzene rings is 1. The van der Waals surface area contributed by atoms with Crippen LogP contribution >= 0.6 is 11.8 Å². The third-order valence-corrected chi connectivity index (χ3v) is 3.10. The Balaban J connectivity index is 2.61. The predicted molar refractivity (Wildman–Crippen MR) is 74.7 cm³/mol. The number of nitrogens with one attached hydrogen (secondary N) is 2. The fourth-order valence-corrected chi connectivity index (χ4v) is 2.10. The lowest BCUT2D eigenvalue weighted by Crippen LogP contribution is -2.27. The number of carbonyl (C=O) groups excluding carboxylic acids is 1. The Morgan fingerprint density at radius 1 is 1.30 bits per heavy atom. The van der Waals surface area contributed by atoms with Gasteiger partial charge < -0.3 is 10.6 Å². The molecule has 3 nitrogen and oxygen atoms in total. The topological polar surface area (TPSA) is 41.1 Å². The van der Waals surface area contributed by atoms with Crippen molar-refractivity contribution in [2.75, 3.05) is 11.9 Å². The molecular formula is C13H17F3N2OS. The molecule has 1 amide bonds. The van der Waals surface area contributed by atoms with Crippen molar-refractivity contribution in [1.82, 2.24) is 5.32 Å². The SMILES string of the molecule is CC(C)NCCC(=O)Nc1ccccc1SC(F)(F)F. The van der Waals surface area contributed by atoms with Gasteiger partial charge >= 0.3 is 5.51 Å². The van der Waals surface area contributed by atoms with Crippen molar-refractivity contribution in [3.8, 4) is 0 Å². The fraction of sp³-hybridized carbons (Fsp3) is 0.462. The van der Waals surface area contributed by atoms with Crippen LogP contribution < -0.4 is 10.6 Å². The van der Waals surface area contributed by atoms with Gasteiger partial charge in [0, 0.05) is 23.9 Å². The van der Waals surface area contributed by atoms with E-state index in [0.29, 0.717) is 6.54 Å². The molecule has 1 aromatic carbocycles. The lowest BCUT2D eigenvalue weighted by molar-refractivity contribution is -0.116. The summed E-state index contributed by atoms with van der Waals surface area (Å²) in [5.74, 6) is -0.312. The molecule has 0 aromatic heterocycles. The average Bonchev–Trinajstić information content (AvgIpc) is 2.29. The van der Waals surface area contributed by atoms with Crippen molar-refractivity contribution < 1.29 is 18.0 Å². The monoisotopic (exact) mass is 306 g/mol. The number of amides is 1. The van der Waals surface area contributed by atoms with Crippen molar-refractivity contribution >= 4 is 23.4 Å². The molecule has 0 spiro atoms. The number of thioether (sulfide) groups is 1. The van der Waals surface area contributed by atoms with Crippen molar-refractivity contribution in [3.05, 3.63) is 24.3 Å². The fourth-order valence-electron chi connectivity index (χ4n) is 1.47. The second kappa shape index (κ2) is 7.54. The third kappa shape index (κ3) is 6.81. The van der Waals surface area contributed by atoms with Gasteiger partial charge in [-0.05, 0) is 23.9 Å². The minimum absolute atomic E-state index is 0.00910. The second-order valence-electron chi connectivity index (χ2n) is 4.45. The molecular weight excluding hydrogens is 289 g/mol. The molecule has 0 radical (unpaired) electrons. The van der Waals surface area contributed by atoms with Crippen LogP contribution in [0.3, 0.4) is 0 Å². The lowest BCUT2D eigenvalue weighted by atomic mass is 10.3. The molecule has 0 aliphatic heterocycles. The Bertz CT molecular complexity index is 449. The van der Waals surface area contributed by atoms with Gasteiger partial charge in [-0.25, -0.2) is 0 Å². The first-order valence-corrected chi connectivity index (χ1v) is 6.97. The first-order valence-electron chi connectivity index (χ1n) is 6.16. The van der Waals surface area contributed by atoms with Gasteiger partial charge in [0.25, 0.3) is 0 Å². The zero-order valence-corrected chi connectivity index (χ0v) is 12.1. The Morgan fingerprint density at radius 2 is 1.95 bits per heavy atom. The van der Waals surface area contributed by atoms with Crippen molar-refractivity contribution in [2.24, 2.45) is 0 Å². The molecule has 0 unspecified atom stereocenters. The highest BCUT2D eigenvalue weighted by Crippen LogP contribution is 2.40. The van der Waals surface area contributed by atoms with Crippen molar-refractivity contribution in [1.29, 1.82) is 0 Å². The van der Waals surface area contributed by atoms with Gasteiger partial charge in [-0.15, -0.1) is 0 Å². The number of carbonyl (C=O) groups is 1. The largest absolute Gasteiger partial charge is 0.446 e. The number of halogens is 3. The van der Waals surface area contributed by atoms with E-state index in [4.69, 9.17) is 0 Å². The summed E-state index contributed by atoms with van der Waals surface area (Å²) >= 11 is -0.232. The molecule has 0 saturated heterocycles. The number of alkyl halides is 3. The number of rotatable bonds is 6. The molecule has 2 N–H and O–H groups in total. The minimum atomic E-state index is -4.37. The Labute approximate surface area is 120 Å². The highest BCUT2D eigenvalue weighted by molar-refractivity contribution is 8.00. The van der Waals surface area contributed by atoms with Gasteiger partial charge in [0.1, 0.15) is 0 Å². The van der Waals surface area contributed by atoms with E-state index < -0.39 is 5.51 Å². The van der Waals surface area contributed by atoms with E-state index >= 15 is 0 Å². The summed E-state index contributed by atoms with van der Waals surface area (Å²) in [6.45, 7) is 4.39. The highest BCUT2D eigenvalue weighted by atomic mass is 32.2. The zero-order chi connectivity index (χ0) is 15.2. The molecule has 1 aromatic rings. The van der Waals surface area contributed by atoms with Crippen molar-refractivity contribution in [2.45, 2.75) is 36.7 Å². The van der Waals surface area contributed by atoms with Gasteiger partial charge in [0.2, 0.25) is 5.91 Å². The first-order chi connectivity index (χ1) is 9.28. The molecule has 1 rings (SSSR count). The van der Waals surface area contributed by atoms with E-state index in [1.165, 1.54) is 18.2 Å². The molecule has 0 aliphatic rings. The molecule has 112 valence electrons. The van der Waals surface area contributed by atoms with Gasteiger partial charge in [-0.3, -0.25) is 4.79 Å². The van der Waals surface area contributed by atoms with E-state index in [1.54, 1.807) is 6.07 Å². The smallest absolute Gasteiger partial charge is 0.325 e. The van der Waals surface area contributed by atoms with Crippen LogP contribution in [0.1, 0.15) is 20.3 Å². The molecule has 0 fully saturated rings. The lowest BCUT2D eigenvalue weighted by Gasteiger charge is -2.12. The first kappa shape index (κ1) is 16.8. The highest BCUT2D eigenvalue weighted by Gasteiger charge is 2.30. The Kier molecular flexibility index (Phi) is 6.35. The second-order valence-corrected chi connectivity index (χ2v) is 5.56. The standard InChI is InChI=1S/C13H17F3N2OS/c1-9(2)17-8-7-12(19)18-10-5-3-4-6-11(10)20-13(14,15)16/h3-6,9,17H,7-8H2,1-2H3,(H,18,19). The van der Waals surface area contributed by atoms with E-state index in [0.717, 1.165) is 0 Å². The number of hydrogen-bond donors (Lipinski definition) is 2. The van der Waals surface area contributed by atoms with Gasteiger partial charge in [-0.1, -0.05) is 26.0 Å². The molecule has 7 heteroatoms. The number of hydrogen-bond acceptors (Lipinski definition) is 3. The minimum Gasteiger partial charge on any atom is -0.325 e. The molecule has 0 atom stereocenters. The van der Waals surface area contributed by atoms with Crippen LogP contribution in [0.5, 0.6) is 0 Å². The Morgan fingerprint density at radius 3 is 2.55 bits per heavy atom. The summed E-state index contributed by atoms with van der Waals surface area (Å²) in [6, 6.07) is 6.14. The maximum absolute atomic E-state index is 12.4. The summed E-state index contributed by atoms with van der Waals surface area (Å²) < 4.78 is 37.2. The maximum atomic E-state index is 12.4. The number of para-hydroxylation sites is 1. The summed E-state index contributed by atoms with van der Waals surface area (Å²) in [6.07, 6.45) is 0.212. The summed E-state index contributed by atoms with van der Waals surface area (Å²) in [4.78, 5) is 11.7. The quantitative estimate of drug-likeness (QED) is 0.789. The summed E-state index contributed by atoms with van der Waals surface area (Å²) in [5.41, 5.74) is -4.19. The van der Waals surface area contributed by atoms with Crippen LogP contribution in [-0.4, -0.2) is 24.0 Å². The van der Waals surface area contributed by atoms with E-state index in [2.05, 4.69) is 10.6 Å². The van der Waals surface area contributed by atoms with Crippen LogP contribution in [0.2, 0.25) is 0 Å². The van der Waals surface area contributed by atoms with E-state index in [-0.39, 0.29) is 40.7 Å². The summed E-state index contributed by atoms with van der Waals surface area (Å²) in [5, 5.41) is 5.58. The van der Waals surface area contributed by atoms with Crippen LogP contribution in [0.25, 0.3) is 0 Å². The van der Waals surface area contributed by atoms with Crippen LogP contribution in [0.15, 0.2) is 29.2 Å². The molecule has 0 saturated carbocycles. The number of anilines is 1. The van der Waals surface area contributed by atoms with Gasteiger partial charge in [0.15, 0.2) is 0 Å². The predicted octanol–water partition coefficient (Wildman–Crippen LogP) is 3.63. The summed E-state index contributed by atoms with van der Waals surface area (Å²) in [7, 11) is 0.